The van der Waals surface area contributed by atoms with Crippen LogP contribution in [0.5, 0.6) is 5.75 Å². The lowest BCUT2D eigenvalue weighted by molar-refractivity contribution is 0.412. The van der Waals surface area contributed by atoms with Crippen molar-refractivity contribution in [2.45, 2.75) is 13.8 Å². The molecule has 0 aliphatic carbocycles. The van der Waals surface area contributed by atoms with E-state index in [0.717, 1.165) is 89.5 Å². The van der Waals surface area contributed by atoms with Gasteiger partial charge in [0.1, 0.15) is 5.75 Å². The van der Waals surface area contributed by atoms with Crippen LogP contribution < -0.4 is 4.74 Å². The van der Waals surface area contributed by atoms with E-state index >= 15 is 0 Å². The number of ether oxygens (including phenoxy) is 1. The fourth-order valence-electron chi connectivity index (χ4n) is 6.20. The van der Waals surface area contributed by atoms with E-state index < -0.39 is 0 Å². The summed E-state index contributed by atoms with van der Waals surface area (Å²) in [5.41, 5.74) is 15.2. The maximum Gasteiger partial charge on any atom is 0.121 e. The van der Waals surface area contributed by atoms with Crippen molar-refractivity contribution >= 4 is 22.1 Å². The van der Waals surface area contributed by atoms with Gasteiger partial charge in [-0.05, 0) is 73.0 Å². The van der Waals surface area contributed by atoms with Crippen molar-refractivity contribution in [1.82, 2.24) is 19.9 Å². The summed E-state index contributed by atoms with van der Waals surface area (Å²) in [7, 11) is 1.69. The Labute approximate surface area is 279 Å². The third-order valence-electron chi connectivity index (χ3n) is 8.75. The molecule has 5 heteroatoms. The molecule has 2 aromatic heterocycles. The molecule has 6 aromatic carbocycles. The summed E-state index contributed by atoms with van der Waals surface area (Å²) < 4.78 is 5.52. The van der Waals surface area contributed by atoms with Crippen LogP contribution in [0.3, 0.4) is 0 Å². The summed E-state index contributed by atoms with van der Waals surface area (Å²) in [5.74, 6) is 0.848. The molecule has 0 aliphatic rings. The number of fused-ring (bicyclic) bond motifs is 2. The minimum Gasteiger partial charge on any atom is -0.496 e. The summed E-state index contributed by atoms with van der Waals surface area (Å²) in [6.07, 6.45) is 0. The van der Waals surface area contributed by atoms with E-state index in [2.05, 4.69) is 97.9 Å². The van der Waals surface area contributed by atoms with Gasteiger partial charge >= 0.3 is 0 Å². The highest BCUT2D eigenvalue weighted by molar-refractivity contribution is 5.92. The molecule has 0 radical (unpaired) electrons. The van der Waals surface area contributed by atoms with Gasteiger partial charge in [0.25, 0.3) is 0 Å². The van der Waals surface area contributed by atoms with E-state index in [0.29, 0.717) is 0 Å². The van der Waals surface area contributed by atoms with E-state index in [1.807, 2.05) is 55.5 Å². The van der Waals surface area contributed by atoms with Gasteiger partial charge in [0, 0.05) is 22.3 Å². The minimum atomic E-state index is 0.825. The highest BCUT2D eigenvalue weighted by atomic mass is 16.5. The Morgan fingerprint density at radius 2 is 0.792 bits per heavy atom. The zero-order valence-electron chi connectivity index (χ0n) is 27.0. The standard InChI is InChI=1S/C43H32N4O/c1-27-14-16-31(17-15-27)42-40(29-10-6-4-7-11-29)44-35-21-18-32(25-37(35)47-42)33-19-22-36-38(26-33)46-41(30-12-8-5-9-13-30)43(45-36)34-20-23-39(48-3)28(2)24-34/h4-26H,1-3H3. The van der Waals surface area contributed by atoms with Gasteiger partial charge in [0.2, 0.25) is 0 Å². The Balaban J connectivity index is 1.26. The molecule has 0 fully saturated rings. The predicted octanol–water partition coefficient (Wildman–Crippen LogP) is 10.5. The van der Waals surface area contributed by atoms with Crippen molar-refractivity contribution in [2.75, 3.05) is 7.11 Å². The van der Waals surface area contributed by atoms with Gasteiger partial charge in [-0.1, -0.05) is 103 Å². The zero-order valence-corrected chi connectivity index (χ0v) is 27.0. The van der Waals surface area contributed by atoms with Crippen LogP contribution in [0.4, 0.5) is 0 Å². The van der Waals surface area contributed by atoms with E-state index in [-0.39, 0.29) is 0 Å². The highest BCUT2D eigenvalue weighted by Gasteiger charge is 2.17. The second kappa shape index (κ2) is 12.2. The number of aromatic nitrogens is 4. The Hall–Kier alpha value is -6.20. The maximum atomic E-state index is 5.52. The molecule has 0 atom stereocenters. The lowest BCUT2D eigenvalue weighted by atomic mass is 10.00. The average molecular weight is 621 g/mol. The van der Waals surface area contributed by atoms with Gasteiger partial charge in [0.15, 0.2) is 0 Å². The third-order valence-corrected chi connectivity index (χ3v) is 8.75. The van der Waals surface area contributed by atoms with E-state index in [1.165, 1.54) is 5.56 Å². The van der Waals surface area contributed by atoms with Gasteiger partial charge in [-0.25, -0.2) is 19.9 Å². The van der Waals surface area contributed by atoms with E-state index in [1.54, 1.807) is 7.11 Å². The topological polar surface area (TPSA) is 60.8 Å². The SMILES string of the molecule is COc1ccc(-c2nc3ccc(-c4ccc5nc(-c6ccccc6)c(-c6ccc(C)cc6)nc5c4)cc3nc2-c2ccccc2)cc1C. The fourth-order valence-corrected chi connectivity index (χ4v) is 6.20. The summed E-state index contributed by atoms with van der Waals surface area (Å²) in [4.78, 5) is 20.7. The third kappa shape index (κ3) is 5.46. The quantitative estimate of drug-likeness (QED) is 0.185. The Bertz CT molecular complexity index is 2440. The molecule has 48 heavy (non-hydrogen) atoms. The van der Waals surface area contributed by atoms with Crippen LogP contribution in [0.2, 0.25) is 0 Å². The number of nitrogens with zero attached hydrogens (tertiary/aromatic N) is 4. The number of benzene rings is 6. The van der Waals surface area contributed by atoms with Crippen molar-refractivity contribution in [1.29, 1.82) is 0 Å². The summed E-state index contributed by atoms with van der Waals surface area (Å²) in [5, 5.41) is 0. The van der Waals surface area contributed by atoms with E-state index in [4.69, 9.17) is 24.7 Å². The highest BCUT2D eigenvalue weighted by Crippen LogP contribution is 2.36. The molecule has 0 saturated heterocycles. The molecule has 2 heterocycles. The smallest absolute Gasteiger partial charge is 0.121 e. The molecule has 230 valence electrons. The van der Waals surface area contributed by atoms with Gasteiger partial charge in [-0.15, -0.1) is 0 Å². The number of rotatable bonds is 6. The Kier molecular flexibility index (Phi) is 7.42. The van der Waals surface area contributed by atoms with Crippen LogP contribution in [-0.2, 0) is 0 Å². The summed E-state index contributed by atoms with van der Waals surface area (Å²) in [6.45, 7) is 4.14. The lowest BCUT2D eigenvalue weighted by Gasteiger charge is -2.14. The normalized spacial score (nSPS) is 11.2. The van der Waals surface area contributed by atoms with Crippen molar-refractivity contribution in [3.63, 3.8) is 0 Å². The molecular weight excluding hydrogens is 589 g/mol. The van der Waals surface area contributed by atoms with Crippen molar-refractivity contribution in [2.24, 2.45) is 0 Å². The first-order valence-corrected chi connectivity index (χ1v) is 16.0. The number of aryl methyl sites for hydroxylation is 2. The lowest BCUT2D eigenvalue weighted by Crippen LogP contribution is -1.97. The van der Waals surface area contributed by atoms with Crippen LogP contribution >= 0.6 is 0 Å². The minimum absolute atomic E-state index is 0.825. The largest absolute Gasteiger partial charge is 0.496 e. The first-order valence-electron chi connectivity index (χ1n) is 16.0. The van der Waals surface area contributed by atoms with Gasteiger partial charge < -0.3 is 4.74 Å². The second-order valence-corrected chi connectivity index (χ2v) is 12.0. The number of methoxy groups -OCH3 is 1. The van der Waals surface area contributed by atoms with Crippen molar-refractivity contribution in [3.05, 3.63) is 151 Å². The number of hydrogen-bond acceptors (Lipinski definition) is 5. The summed E-state index contributed by atoms with van der Waals surface area (Å²) in [6, 6.07) is 47.7. The Morgan fingerprint density at radius 3 is 1.27 bits per heavy atom. The first-order chi connectivity index (χ1) is 23.5. The average Bonchev–Trinajstić information content (AvgIpc) is 3.14. The van der Waals surface area contributed by atoms with Crippen molar-refractivity contribution in [3.8, 4) is 61.9 Å². The van der Waals surface area contributed by atoms with Crippen LogP contribution in [0, 0.1) is 13.8 Å². The molecule has 5 nitrogen and oxygen atoms in total. The van der Waals surface area contributed by atoms with E-state index in [9.17, 15) is 0 Å². The molecule has 0 saturated carbocycles. The predicted molar refractivity (Wildman–Crippen MR) is 196 cm³/mol. The molecule has 8 rings (SSSR count). The molecule has 0 amide bonds. The van der Waals surface area contributed by atoms with Crippen molar-refractivity contribution < 1.29 is 4.74 Å². The van der Waals surface area contributed by atoms with Crippen LogP contribution in [0.15, 0.2) is 140 Å². The maximum absolute atomic E-state index is 5.52. The summed E-state index contributed by atoms with van der Waals surface area (Å²) >= 11 is 0. The first kappa shape index (κ1) is 29.2. The zero-order chi connectivity index (χ0) is 32.6. The molecule has 0 N–H and O–H groups in total. The van der Waals surface area contributed by atoms with Crippen LogP contribution in [-0.4, -0.2) is 27.0 Å². The van der Waals surface area contributed by atoms with Crippen LogP contribution in [0.25, 0.3) is 78.2 Å². The molecule has 0 spiro atoms. The van der Waals surface area contributed by atoms with Gasteiger partial charge in [-0.2, -0.15) is 0 Å². The number of hydrogen-bond donors (Lipinski definition) is 0. The van der Waals surface area contributed by atoms with Gasteiger partial charge in [-0.3, -0.25) is 0 Å². The Morgan fingerprint density at radius 1 is 0.375 bits per heavy atom. The molecule has 0 bridgehead atoms. The molecule has 0 aliphatic heterocycles. The molecule has 8 aromatic rings. The van der Waals surface area contributed by atoms with Crippen LogP contribution in [0.1, 0.15) is 11.1 Å². The molecular formula is C43H32N4O. The molecule has 0 unspecified atom stereocenters. The monoisotopic (exact) mass is 620 g/mol. The fraction of sp³-hybridized carbons (Fsp3) is 0.0698. The second-order valence-electron chi connectivity index (χ2n) is 12.0. The van der Waals surface area contributed by atoms with Gasteiger partial charge in [0.05, 0.1) is 52.0 Å².